The number of ether oxygens (including phenoxy) is 1. The van der Waals surface area contributed by atoms with Crippen molar-refractivity contribution in [2.75, 3.05) is 38.7 Å². The number of carbonyl (C=O) groups excluding carboxylic acids is 1. The number of hydrogen-bond donors (Lipinski definition) is 1. The van der Waals surface area contributed by atoms with Gasteiger partial charge in [0.25, 0.3) is 0 Å². The molecule has 106 valence electrons. The summed E-state index contributed by atoms with van der Waals surface area (Å²) in [4.78, 5) is 18.4. The first kappa shape index (κ1) is 14.4. The van der Waals surface area contributed by atoms with Crippen LogP contribution in [0.2, 0.25) is 0 Å². The predicted octanol–water partition coefficient (Wildman–Crippen LogP) is 1.75. The molecule has 5 nitrogen and oxygen atoms in total. The fourth-order valence-electron chi connectivity index (χ4n) is 2.44. The number of aromatic nitrogens is 1. The highest BCUT2D eigenvalue weighted by molar-refractivity contribution is 7.13. The van der Waals surface area contributed by atoms with Crippen molar-refractivity contribution in [3.05, 3.63) is 11.1 Å². The number of rotatable bonds is 5. The van der Waals surface area contributed by atoms with E-state index in [2.05, 4.69) is 15.2 Å². The van der Waals surface area contributed by atoms with Crippen molar-refractivity contribution in [3.8, 4) is 0 Å². The largest absolute Gasteiger partial charge is 0.384 e. The number of anilines is 1. The van der Waals surface area contributed by atoms with Crippen LogP contribution in [0.25, 0.3) is 0 Å². The molecule has 19 heavy (non-hydrogen) atoms. The molecule has 1 aromatic rings. The van der Waals surface area contributed by atoms with E-state index in [0.29, 0.717) is 17.6 Å². The van der Waals surface area contributed by atoms with E-state index in [1.54, 1.807) is 7.11 Å². The number of thiazole rings is 1. The van der Waals surface area contributed by atoms with Gasteiger partial charge >= 0.3 is 0 Å². The molecule has 1 fully saturated rings. The van der Waals surface area contributed by atoms with Crippen molar-refractivity contribution in [3.63, 3.8) is 0 Å². The lowest BCUT2D eigenvalue weighted by atomic mass is 9.99. The van der Waals surface area contributed by atoms with Gasteiger partial charge in [0.15, 0.2) is 5.13 Å². The number of piperidine rings is 1. The highest BCUT2D eigenvalue weighted by Gasteiger charge is 2.21. The third-order valence-corrected chi connectivity index (χ3v) is 4.11. The van der Waals surface area contributed by atoms with Crippen molar-refractivity contribution in [1.29, 1.82) is 0 Å². The molecule has 0 radical (unpaired) electrons. The monoisotopic (exact) mass is 283 g/mol. The van der Waals surface area contributed by atoms with Gasteiger partial charge in [-0.05, 0) is 32.2 Å². The van der Waals surface area contributed by atoms with Crippen LogP contribution in [0.5, 0.6) is 0 Å². The first-order valence-electron chi connectivity index (χ1n) is 6.60. The molecule has 1 atom stereocenters. The Bertz CT molecular complexity index is 420. The molecule has 1 amide bonds. The summed E-state index contributed by atoms with van der Waals surface area (Å²) in [7, 11) is 1.73. The van der Waals surface area contributed by atoms with Gasteiger partial charge in [0.1, 0.15) is 0 Å². The van der Waals surface area contributed by atoms with Gasteiger partial charge in [0, 0.05) is 19.0 Å². The minimum absolute atomic E-state index is 0.0208. The first-order chi connectivity index (χ1) is 9.17. The summed E-state index contributed by atoms with van der Waals surface area (Å²) >= 11 is 1.47. The summed E-state index contributed by atoms with van der Waals surface area (Å²) in [6.45, 7) is 5.08. The number of amides is 1. The predicted molar refractivity (Wildman–Crippen MR) is 76.5 cm³/mol. The van der Waals surface area contributed by atoms with E-state index in [-0.39, 0.29) is 5.91 Å². The number of carbonyl (C=O) groups is 1. The molecule has 2 heterocycles. The summed E-state index contributed by atoms with van der Waals surface area (Å²) in [5.74, 6) is 0.570. The van der Waals surface area contributed by atoms with Gasteiger partial charge < -0.3 is 10.1 Å². The van der Waals surface area contributed by atoms with E-state index >= 15 is 0 Å². The SMILES string of the molecule is COCC1CCCN(CC(=O)Nc2nc(C)cs2)C1. The Labute approximate surface area is 118 Å². The number of nitrogens with zero attached hydrogens (tertiary/aromatic N) is 2. The second-order valence-corrected chi connectivity index (χ2v) is 5.90. The average molecular weight is 283 g/mol. The Morgan fingerprint density at radius 1 is 1.68 bits per heavy atom. The number of aryl methyl sites for hydroxylation is 1. The van der Waals surface area contributed by atoms with Crippen LogP contribution < -0.4 is 5.32 Å². The Hall–Kier alpha value is -0.980. The minimum atomic E-state index is 0.0208. The van der Waals surface area contributed by atoms with E-state index in [0.717, 1.165) is 31.8 Å². The van der Waals surface area contributed by atoms with Gasteiger partial charge in [-0.3, -0.25) is 9.69 Å². The lowest BCUT2D eigenvalue weighted by Crippen LogP contribution is -2.41. The first-order valence-corrected chi connectivity index (χ1v) is 7.48. The second-order valence-electron chi connectivity index (χ2n) is 5.04. The molecular weight excluding hydrogens is 262 g/mol. The maximum Gasteiger partial charge on any atom is 0.240 e. The Kier molecular flexibility index (Phi) is 5.30. The molecule has 0 saturated carbocycles. The number of methoxy groups -OCH3 is 1. The number of hydrogen-bond acceptors (Lipinski definition) is 5. The van der Waals surface area contributed by atoms with Crippen LogP contribution in [0.3, 0.4) is 0 Å². The second kappa shape index (κ2) is 6.98. The van der Waals surface area contributed by atoms with Crippen LogP contribution in [-0.4, -0.2) is 49.1 Å². The normalized spacial score (nSPS) is 20.4. The van der Waals surface area contributed by atoms with Crippen LogP contribution in [0.15, 0.2) is 5.38 Å². The molecule has 1 unspecified atom stereocenters. The molecule has 1 aliphatic heterocycles. The molecule has 0 bridgehead atoms. The van der Waals surface area contributed by atoms with Gasteiger partial charge in [-0.25, -0.2) is 4.98 Å². The molecule has 6 heteroatoms. The Morgan fingerprint density at radius 3 is 3.21 bits per heavy atom. The van der Waals surface area contributed by atoms with Crippen molar-refractivity contribution in [2.24, 2.45) is 5.92 Å². The van der Waals surface area contributed by atoms with Crippen molar-refractivity contribution in [2.45, 2.75) is 19.8 Å². The van der Waals surface area contributed by atoms with Gasteiger partial charge in [0.05, 0.1) is 18.8 Å². The van der Waals surface area contributed by atoms with Gasteiger partial charge in [-0.1, -0.05) is 0 Å². The number of likely N-dealkylation sites (tertiary alicyclic amines) is 1. The smallest absolute Gasteiger partial charge is 0.240 e. The topological polar surface area (TPSA) is 54.5 Å². The van der Waals surface area contributed by atoms with Crippen LogP contribution >= 0.6 is 11.3 Å². The highest BCUT2D eigenvalue weighted by atomic mass is 32.1. The van der Waals surface area contributed by atoms with Crippen LogP contribution in [-0.2, 0) is 9.53 Å². The summed E-state index contributed by atoms with van der Waals surface area (Å²) < 4.78 is 5.20. The van der Waals surface area contributed by atoms with Gasteiger partial charge in [-0.15, -0.1) is 11.3 Å². The Balaban J connectivity index is 1.78. The average Bonchev–Trinajstić information content (AvgIpc) is 2.75. The minimum Gasteiger partial charge on any atom is -0.384 e. The molecule has 0 aliphatic carbocycles. The third-order valence-electron chi connectivity index (χ3n) is 3.24. The van der Waals surface area contributed by atoms with Crippen molar-refractivity contribution in [1.82, 2.24) is 9.88 Å². The zero-order valence-electron chi connectivity index (χ0n) is 11.5. The quantitative estimate of drug-likeness (QED) is 0.894. The van der Waals surface area contributed by atoms with Crippen LogP contribution in [0.1, 0.15) is 18.5 Å². The zero-order valence-corrected chi connectivity index (χ0v) is 12.3. The van der Waals surface area contributed by atoms with E-state index in [1.807, 2.05) is 12.3 Å². The maximum atomic E-state index is 11.9. The molecule has 1 N–H and O–H groups in total. The molecule has 1 aliphatic rings. The Morgan fingerprint density at radius 2 is 2.53 bits per heavy atom. The van der Waals surface area contributed by atoms with Gasteiger partial charge in [0.2, 0.25) is 5.91 Å². The van der Waals surface area contributed by atoms with Crippen LogP contribution in [0, 0.1) is 12.8 Å². The summed E-state index contributed by atoms with van der Waals surface area (Å²) in [6.07, 6.45) is 2.33. The van der Waals surface area contributed by atoms with E-state index < -0.39 is 0 Å². The van der Waals surface area contributed by atoms with Crippen LogP contribution in [0.4, 0.5) is 5.13 Å². The third kappa shape index (κ3) is 4.56. The van der Waals surface area contributed by atoms with E-state index in [1.165, 1.54) is 17.8 Å². The van der Waals surface area contributed by atoms with Gasteiger partial charge in [-0.2, -0.15) is 0 Å². The molecular formula is C13H21N3O2S. The highest BCUT2D eigenvalue weighted by Crippen LogP contribution is 2.17. The van der Waals surface area contributed by atoms with Crippen molar-refractivity contribution >= 4 is 22.4 Å². The number of nitrogens with one attached hydrogen (secondary N) is 1. The summed E-state index contributed by atoms with van der Waals surface area (Å²) in [6, 6.07) is 0. The zero-order chi connectivity index (χ0) is 13.7. The lowest BCUT2D eigenvalue weighted by molar-refractivity contribution is -0.117. The molecule has 0 aromatic carbocycles. The molecule has 2 rings (SSSR count). The van der Waals surface area contributed by atoms with E-state index in [9.17, 15) is 4.79 Å². The van der Waals surface area contributed by atoms with Crippen molar-refractivity contribution < 1.29 is 9.53 Å². The molecule has 0 spiro atoms. The summed E-state index contributed by atoms with van der Waals surface area (Å²) in [5, 5.41) is 5.48. The lowest BCUT2D eigenvalue weighted by Gasteiger charge is -2.31. The fourth-order valence-corrected chi connectivity index (χ4v) is 3.14. The fraction of sp³-hybridized carbons (Fsp3) is 0.692. The summed E-state index contributed by atoms with van der Waals surface area (Å²) in [5.41, 5.74) is 0.943. The maximum absolute atomic E-state index is 11.9. The van der Waals surface area contributed by atoms with E-state index in [4.69, 9.17) is 4.74 Å². The molecule has 1 saturated heterocycles. The standard InChI is InChI=1S/C13H21N3O2S/c1-10-9-19-13(14-10)15-12(17)7-16-5-3-4-11(6-16)8-18-2/h9,11H,3-8H2,1-2H3,(H,14,15,17). The molecule has 1 aromatic heterocycles.